The van der Waals surface area contributed by atoms with Crippen molar-refractivity contribution in [2.45, 2.75) is 0 Å². The first-order valence-corrected chi connectivity index (χ1v) is 5.84. The topological polar surface area (TPSA) is 88.5 Å². The van der Waals surface area contributed by atoms with E-state index >= 15 is 0 Å². The number of pyridine rings is 1. The Morgan fingerprint density at radius 2 is 2.00 bits per heavy atom. The number of anilines is 1. The van der Waals surface area contributed by atoms with Crippen molar-refractivity contribution in [2.75, 3.05) is 12.4 Å². The molecule has 1 amide bonds. The van der Waals surface area contributed by atoms with Gasteiger partial charge in [-0.1, -0.05) is 0 Å². The van der Waals surface area contributed by atoms with E-state index in [0.29, 0.717) is 0 Å². The summed E-state index contributed by atoms with van der Waals surface area (Å²) in [6.45, 7) is 0. The van der Waals surface area contributed by atoms with Gasteiger partial charge in [0.15, 0.2) is 0 Å². The van der Waals surface area contributed by atoms with Gasteiger partial charge < -0.3 is 15.2 Å². The Morgan fingerprint density at radius 1 is 1.24 bits per heavy atom. The molecule has 1 aromatic heterocycles. The lowest BCUT2D eigenvalue weighted by Gasteiger charge is -2.08. The fraction of sp³-hybridized carbons (Fsp3) is 0.0714. The zero-order valence-electron chi connectivity index (χ0n) is 11.0. The van der Waals surface area contributed by atoms with Gasteiger partial charge in [-0.25, -0.2) is 9.18 Å². The number of hydrogen-bond acceptors (Lipinski definition) is 5. The molecule has 0 spiro atoms. The third-order valence-corrected chi connectivity index (χ3v) is 2.62. The summed E-state index contributed by atoms with van der Waals surface area (Å²) in [5, 5.41) is 11.6. The van der Waals surface area contributed by atoms with Crippen LogP contribution in [0.5, 0.6) is 5.75 Å². The van der Waals surface area contributed by atoms with E-state index < -0.39 is 17.7 Å². The van der Waals surface area contributed by atoms with Crippen LogP contribution in [-0.2, 0) is 4.74 Å². The van der Waals surface area contributed by atoms with Crippen LogP contribution < -0.4 is 5.32 Å². The van der Waals surface area contributed by atoms with Crippen LogP contribution in [0.3, 0.4) is 0 Å². The quantitative estimate of drug-likeness (QED) is 0.844. The summed E-state index contributed by atoms with van der Waals surface area (Å²) in [5.74, 6) is -2.21. The number of nitrogens with zero attached hydrogens (tertiary/aromatic N) is 1. The van der Waals surface area contributed by atoms with Crippen molar-refractivity contribution >= 4 is 17.6 Å². The van der Waals surface area contributed by atoms with Crippen LogP contribution in [-0.4, -0.2) is 29.1 Å². The Labute approximate surface area is 119 Å². The Morgan fingerprint density at radius 3 is 2.67 bits per heavy atom. The first-order chi connectivity index (χ1) is 10.0. The Balaban J connectivity index is 2.26. The summed E-state index contributed by atoms with van der Waals surface area (Å²) < 4.78 is 18.2. The van der Waals surface area contributed by atoms with Crippen LogP contribution in [0.2, 0.25) is 0 Å². The average Bonchev–Trinajstić information content (AvgIpc) is 2.48. The second-order valence-electron chi connectivity index (χ2n) is 4.07. The highest BCUT2D eigenvalue weighted by Crippen LogP contribution is 2.18. The van der Waals surface area contributed by atoms with Gasteiger partial charge in [-0.05, 0) is 24.3 Å². The molecule has 0 bridgehead atoms. The third kappa shape index (κ3) is 3.33. The molecule has 0 atom stereocenters. The van der Waals surface area contributed by atoms with Gasteiger partial charge in [-0.3, -0.25) is 9.78 Å². The summed E-state index contributed by atoms with van der Waals surface area (Å²) in [6, 6.07) is 4.63. The van der Waals surface area contributed by atoms with E-state index in [2.05, 4.69) is 15.0 Å². The molecular weight excluding hydrogens is 279 g/mol. The van der Waals surface area contributed by atoms with E-state index in [0.717, 1.165) is 18.3 Å². The first kappa shape index (κ1) is 14.4. The van der Waals surface area contributed by atoms with Gasteiger partial charge in [0.25, 0.3) is 5.91 Å². The van der Waals surface area contributed by atoms with Gasteiger partial charge in [-0.15, -0.1) is 0 Å². The van der Waals surface area contributed by atoms with E-state index in [-0.39, 0.29) is 22.6 Å². The molecule has 0 aliphatic rings. The van der Waals surface area contributed by atoms with E-state index in [1.54, 1.807) is 0 Å². The van der Waals surface area contributed by atoms with Gasteiger partial charge in [0, 0.05) is 6.20 Å². The van der Waals surface area contributed by atoms with E-state index in [1.165, 1.54) is 25.4 Å². The number of aromatic hydroxyl groups is 1. The summed E-state index contributed by atoms with van der Waals surface area (Å²) >= 11 is 0. The molecule has 0 aliphatic heterocycles. The maximum absolute atomic E-state index is 13.7. The van der Waals surface area contributed by atoms with E-state index in [1.807, 2.05) is 0 Å². The van der Waals surface area contributed by atoms with Crippen LogP contribution >= 0.6 is 0 Å². The zero-order chi connectivity index (χ0) is 15.4. The molecule has 0 radical (unpaired) electrons. The SMILES string of the molecule is COC(=O)c1ccc(F)c(NC(=O)c2cncc(O)c2)c1. The van der Waals surface area contributed by atoms with Crippen molar-refractivity contribution in [3.63, 3.8) is 0 Å². The highest BCUT2D eigenvalue weighted by molar-refractivity contribution is 6.05. The molecule has 0 unspecified atom stereocenters. The van der Waals surface area contributed by atoms with Crippen molar-refractivity contribution in [2.24, 2.45) is 0 Å². The number of nitrogens with one attached hydrogen (secondary N) is 1. The van der Waals surface area contributed by atoms with E-state index in [4.69, 9.17) is 0 Å². The minimum Gasteiger partial charge on any atom is -0.506 e. The van der Waals surface area contributed by atoms with Crippen LogP contribution in [0.25, 0.3) is 0 Å². The second kappa shape index (κ2) is 6.00. The van der Waals surface area contributed by atoms with Gasteiger partial charge in [0.1, 0.15) is 11.6 Å². The number of amides is 1. The second-order valence-corrected chi connectivity index (χ2v) is 4.07. The van der Waals surface area contributed by atoms with Crippen molar-refractivity contribution in [1.82, 2.24) is 4.98 Å². The molecule has 7 heteroatoms. The molecule has 1 heterocycles. The molecule has 6 nitrogen and oxygen atoms in total. The molecule has 2 aromatic rings. The number of aromatic nitrogens is 1. The largest absolute Gasteiger partial charge is 0.506 e. The molecule has 108 valence electrons. The molecule has 0 saturated heterocycles. The van der Waals surface area contributed by atoms with Crippen LogP contribution in [0.4, 0.5) is 10.1 Å². The fourth-order valence-corrected chi connectivity index (χ4v) is 1.61. The molecule has 0 fully saturated rings. The normalized spacial score (nSPS) is 10.0. The highest BCUT2D eigenvalue weighted by atomic mass is 19.1. The molecular formula is C14H11FN2O4. The predicted octanol–water partition coefficient (Wildman–Crippen LogP) is 1.97. The van der Waals surface area contributed by atoms with Crippen molar-refractivity contribution in [1.29, 1.82) is 0 Å². The summed E-state index contributed by atoms with van der Waals surface area (Å²) in [5.41, 5.74) is -0.0210. The molecule has 0 saturated carbocycles. The number of halogens is 1. The average molecular weight is 290 g/mol. The number of esters is 1. The first-order valence-electron chi connectivity index (χ1n) is 5.84. The number of carbonyl (C=O) groups is 2. The summed E-state index contributed by atoms with van der Waals surface area (Å²) in [6.07, 6.45) is 2.38. The van der Waals surface area contributed by atoms with Crippen molar-refractivity contribution in [3.05, 3.63) is 53.6 Å². The van der Waals surface area contributed by atoms with Crippen LogP contribution in [0.15, 0.2) is 36.7 Å². The maximum Gasteiger partial charge on any atom is 0.337 e. The molecule has 1 aromatic carbocycles. The van der Waals surface area contributed by atoms with Gasteiger partial charge in [0.2, 0.25) is 0 Å². The zero-order valence-corrected chi connectivity index (χ0v) is 11.0. The predicted molar refractivity (Wildman–Crippen MR) is 71.6 cm³/mol. The lowest BCUT2D eigenvalue weighted by Crippen LogP contribution is -2.14. The summed E-state index contributed by atoms with van der Waals surface area (Å²) in [4.78, 5) is 27.0. The number of methoxy groups -OCH3 is 1. The lowest BCUT2D eigenvalue weighted by atomic mass is 10.2. The summed E-state index contributed by atoms with van der Waals surface area (Å²) in [7, 11) is 1.20. The van der Waals surface area contributed by atoms with Crippen LogP contribution in [0.1, 0.15) is 20.7 Å². The number of hydrogen-bond donors (Lipinski definition) is 2. The van der Waals surface area contributed by atoms with Gasteiger partial charge in [0.05, 0.1) is 30.1 Å². The Hall–Kier alpha value is -2.96. The number of ether oxygens (including phenoxy) is 1. The molecule has 0 aliphatic carbocycles. The lowest BCUT2D eigenvalue weighted by molar-refractivity contribution is 0.0600. The standard InChI is InChI=1S/C14H11FN2O4/c1-21-14(20)8-2-3-11(15)12(5-8)17-13(19)9-4-10(18)7-16-6-9/h2-7,18H,1H3,(H,17,19). The molecule has 21 heavy (non-hydrogen) atoms. The minimum absolute atomic E-state index is 0.0536. The van der Waals surface area contributed by atoms with Gasteiger partial charge in [-0.2, -0.15) is 0 Å². The van der Waals surface area contributed by atoms with Crippen molar-refractivity contribution in [3.8, 4) is 5.75 Å². The minimum atomic E-state index is -0.705. The number of carbonyl (C=O) groups excluding carboxylic acids is 2. The molecule has 2 N–H and O–H groups in total. The maximum atomic E-state index is 13.7. The Bertz CT molecular complexity index is 703. The third-order valence-electron chi connectivity index (χ3n) is 2.62. The molecule has 2 rings (SSSR count). The van der Waals surface area contributed by atoms with Crippen molar-refractivity contribution < 1.29 is 23.8 Å². The monoisotopic (exact) mass is 290 g/mol. The number of benzene rings is 1. The number of rotatable bonds is 3. The van der Waals surface area contributed by atoms with Crippen LogP contribution in [0, 0.1) is 5.82 Å². The van der Waals surface area contributed by atoms with E-state index in [9.17, 15) is 19.1 Å². The highest BCUT2D eigenvalue weighted by Gasteiger charge is 2.13. The van der Waals surface area contributed by atoms with Gasteiger partial charge >= 0.3 is 5.97 Å². The Kier molecular flexibility index (Phi) is 4.13. The fourth-order valence-electron chi connectivity index (χ4n) is 1.61. The smallest absolute Gasteiger partial charge is 0.337 e.